The van der Waals surface area contributed by atoms with Crippen LogP contribution in [0.1, 0.15) is 6.42 Å². The first-order valence-electron chi connectivity index (χ1n) is 7.04. The molecular formula is C14H19ClN4O3. The first-order valence-corrected chi connectivity index (χ1v) is 7.04. The predicted molar refractivity (Wildman–Crippen MR) is 85.8 cm³/mol. The molecule has 1 aliphatic rings. The molecule has 1 saturated heterocycles. The van der Waals surface area contributed by atoms with Crippen molar-refractivity contribution in [2.75, 3.05) is 19.6 Å². The fourth-order valence-corrected chi connectivity index (χ4v) is 2.80. The van der Waals surface area contributed by atoms with Gasteiger partial charge in [0, 0.05) is 32.2 Å². The number of fused-ring (bicyclic) bond motifs is 1. The third-order valence-electron chi connectivity index (χ3n) is 3.90. The van der Waals surface area contributed by atoms with Crippen LogP contribution in [-0.4, -0.2) is 51.6 Å². The first kappa shape index (κ1) is 16.4. The van der Waals surface area contributed by atoms with Crippen molar-refractivity contribution in [2.24, 2.45) is 0 Å². The Morgan fingerprint density at radius 2 is 2.14 bits per heavy atom. The summed E-state index contributed by atoms with van der Waals surface area (Å²) >= 11 is 0. The molecule has 1 atom stereocenters. The number of para-hydroxylation sites is 1. The van der Waals surface area contributed by atoms with Crippen molar-refractivity contribution in [1.29, 1.82) is 0 Å². The summed E-state index contributed by atoms with van der Waals surface area (Å²) in [5.41, 5.74) is 0.794. The molecule has 0 bridgehead atoms. The summed E-state index contributed by atoms with van der Waals surface area (Å²) in [4.78, 5) is 24.2. The summed E-state index contributed by atoms with van der Waals surface area (Å²) in [6.45, 7) is 2.32. The number of benzene rings is 1. The SMILES string of the molecule is Cl.O=C(O)N1CCN[C@H](CCn2[nH]c(=O)c3ccccc32)C1. The van der Waals surface area contributed by atoms with Crippen LogP contribution in [0.4, 0.5) is 4.79 Å². The van der Waals surface area contributed by atoms with Crippen molar-refractivity contribution in [3.63, 3.8) is 0 Å². The van der Waals surface area contributed by atoms with Gasteiger partial charge in [0.05, 0.1) is 10.9 Å². The lowest BCUT2D eigenvalue weighted by molar-refractivity contribution is 0.126. The Balaban J connectivity index is 0.00000176. The topological polar surface area (TPSA) is 90.4 Å². The molecular weight excluding hydrogens is 308 g/mol. The van der Waals surface area contributed by atoms with Gasteiger partial charge in [-0.2, -0.15) is 0 Å². The van der Waals surface area contributed by atoms with E-state index >= 15 is 0 Å². The van der Waals surface area contributed by atoms with Crippen molar-refractivity contribution in [3.05, 3.63) is 34.6 Å². The monoisotopic (exact) mass is 326 g/mol. The second-order valence-electron chi connectivity index (χ2n) is 5.28. The lowest BCUT2D eigenvalue weighted by Gasteiger charge is -2.31. The normalized spacial score (nSPS) is 18.2. The standard InChI is InChI=1S/C14H18N4O3.ClH/c19-13-11-3-1-2-4-12(11)18(16-13)7-5-10-9-17(14(20)21)8-6-15-10;/h1-4,10,15H,5-9H2,(H,16,19)(H,20,21);1H/t10-;/m1./s1. The van der Waals surface area contributed by atoms with Crippen molar-refractivity contribution in [1.82, 2.24) is 20.0 Å². The number of aromatic nitrogens is 2. The van der Waals surface area contributed by atoms with E-state index in [4.69, 9.17) is 5.11 Å². The molecule has 1 amide bonds. The highest BCUT2D eigenvalue weighted by atomic mass is 35.5. The summed E-state index contributed by atoms with van der Waals surface area (Å²) < 4.78 is 1.83. The van der Waals surface area contributed by atoms with E-state index in [9.17, 15) is 9.59 Å². The molecule has 0 aliphatic carbocycles. The zero-order valence-electron chi connectivity index (χ0n) is 12.0. The van der Waals surface area contributed by atoms with Crippen LogP contribution in [0, 0.1) is 0 Å². The highest BCUT2D eigenvalue weighted by molar-refractivity contribution is 5.85. The van der Waals surface area contributed by atoms with Crippen molar-refractivity contribution in [2.45, 2.75) is 19.0 Å². The molecule has 0 unspecified atom stereocenters. The van der Waals surface area contributed by atoms with E-state index in [0.717, 1.165) is 11.9 Å². The van der Waals surface area contributed by atoms with Crippen LogP contribution < -0.4 is 10.9 Å². The van der Waals surface area contributed by atoms with Gasteiger partial charge in [-0.15, -0.1) is 12.4 Å². The number of piperazine rings is 1. The number of carboxylic acid groups (broad SMARTS) is 1. The lowest BCUT2D eigenvalue weighted by Crippen LogP contribution is -2.52. The molecule has 1 aromatic heterocycles. The molecule has 0 spiro atoms. The van der Waals surface area contributed by atoms with E-state index in [1.54, 1.807) is 6.07 Å². The first-order chi connectivity index (χ1) is 10.1. The third-order valence-corrected chi connectivity index (χ3v) is 3.90. The Kier molecular flexibility index (Phi) is 5.10. The molecule has 2 heterocycles. The Hall–Kier alpha value is -1.99. The molecule has 1 aliphatic heterocycles. The number of amides is 1. The fraction of sp³-hybridized carbons (Fsp3) is 0.429. The van der Waals surface area contributed by atoms with Crippen LogP contribution in [0.3, 0.4) is 0 Å². The van der Waals surface area contributed by atoms with Crippen molar-refractivity contribution >= 4 is 29.4 Å². The number of halogens is 1. The molecule has 1 aromatic carbocycles. The maximum atomic E-state index is 11.8. The second kappa shape index (κ2) is 6.85. The van der Waals surface area contributed by atoms with Gasteiger partial charge < -0.3 is 15.3 Å². The van der Waals surface area contributed by atoms with Crippen LogP contribution >= 0.6 is 12.4 Å². The van der Waals surface area contributed by atoms with Gasteiger partial charge in [0.25, 0.3) is 5.56 Å². The molecule has 120 valence electrons. The maximum absolute atomic E-state index is 11.8. The third kappa shape index (κ3) is 3.26. The quantitative estimate of drug-likeness (QED) is 0.787. The Morgan fingerprint density at radius 3 is 2.91 bits per heavy atom. The van der Waals surface area contributed by atoms with Crippen LogP contribution in [-0.2, 0) is 6.54 Å². The number of nitrogens with zero attached hydrogens (tertiary/aromatic N) is 2. The molecule has 8 heteroatoms. The molecule has 3 rings (SSSR count). The van der Waals surface area contributed by atoms with Gasteiger partial charge >= 0.3 is 6.09 Å². The predicted octanol–water partition coefficient (Wildman–Crippen LogP) is 1.09. The van der Waals surface area contributed by atoms with E-state index < -0.39 is 6.09 Å². The second-order valence-corrected chi connectivity index (χ2v) is 5.28. The fourth-order valence-electron chi connectivity index (χ4n) is 2.80. The van der Waals surface area contributed by atoms with Crippen LogP contribution in [0.5, 0.6) is 0 Å². The number of hydrogen-bond acceptors (Lipinski definition) is 3. The summed E-state index contributed by atoms with van der Waals surface area (Å²) in [6, 6.07) is 7.56. The minimum absolute atomic E-state index is 0. The number of aromatic amines is 1. The van der Waals surface area contributed by atoms with E-state index in [-0.39, 0.29) is 24.0 Å². The van der Waals surface area contributed by atoms with Crippen LogP contribution in [0.25, 0.3) is 10.9 Å². The number of nitrogens with one attached hydrogen (secondary N) is 2. The summed E-state index contributed by atoms with van der Waals surface area (Å²) in [6.07, 6.45) is -0.111. The zero-order chi connectivity index (χ0) is 14.8. The van der Waals surface area contributed by atoms with Gasteiger partial charge in [-0.25, -0.2) is 4.79 Å². The average Bonchev–Trinajstić information content (AvgIpc) is 2.82. The molecule has 0 saturated carbocycles. The van der Waals surface area contributed by atoms with E-state index in [1.807, 2.05) is 22.9 Å². The number of aryl methyl sites for hydroxylation is 1. The molecule has 3 N–H and O–H groups in total. The number of hydrogen-bond donors (Lipinski definition) is 3. The van der Waals surface area contributed by atoms with Crippen LogP contribution in [0.15, 0.2) is 29.1 Å². The summed E-state index contributed by atoms with van der Waals surface area (Å²) in [5.74, 6) is 0. The van der Waals surface area contributed by atoms with Gasteiger partial charge in [0.2, 0.25) is 0 Å². The van der Waals surface area contributed by atoms with Gasteiger partial charge in [-0.1, -0.05) is 12.1 Å². The summed E-state index contributed by atoms with van der Waals surface area (Å²) in [7, 11) is 0. The Morgan fingerprint density at radius 1 is 1.36 bits per heavy atom. The Labute approximate surface area is 133 Å². The highest BCUT2D eigenvalue weighted by Crippen LogP contribution is 2.11. The van der Waals surface area contributed by atoms with Gasteiger partial charge in [-0.05, 0) is 18.6 Å². The molecule has 1 fully saturated rings. The molecule has 7 nitrogen and oxygen atoms in total. The minimum atomic E-state index is -0.874. The van der Waals surface area contributed by atoms with Gasteiger partial charge in [0.1, 0.15) is 0 Å². The van der Waals surface area contributed by atoms with E-state index in [0.29, 0.717) is 31.6 Å². The minimum Gasteiger partial charge on any atom is -0.465 e. The molecule has 22 heavy (non-hydrogen) atoms. The number of H-pyrrole nitrogens is 1. The zero-order valence-corrected chi connectivity index (χ0v) is 12.8. The van der Waals surface area contributed by atoms with E-state index in [1.165, 1.54) is 4.90 Å². The van der Waals surface area contributed by atoms with Gasteiger partial charge in [0.15, 0.2) is 0 Å². The van der Waals surface area contributed by atoms with E-state index in [2.05, 4.69) is 10.4 Å². The largest absolute Gasteiger partial charge is 0.465 e. The molecule has 0 radical (unpaired) electrons. The lowest BCUT2D eigenvalue weighted by atomic mass is 10.1. The summed E-state index contributed by atoms with van der Waals surface area (Å²) in [5, 5.41) is 15.9. The van der Waals surface area contributed by atoms with Crippen molar-refractivity contribution < 1.29 is 9.90 Å². The van der Waals surface area contributed by atoms with Gasteiger partial charge in [-0.3, -0.25) is 14.6 Å². The smallest absolute Gasteiger partial charge is 0.407 e. The van der Waals surface area contributed by atoms with Crippen molar-refractivity contribution in [3.8, 4) is 0 Å². The van der Waals surface area contributed by atoms with Crippen LogP contribution in [0.2, 0.25) is 0 Å². The average molecular weight is 327 g/mol. The molecule has 2 aromatic rings. The maximum Gasteiger partial charge on any atom is 0.407 e. The number of carbonyl (C=O) groups is 1. The number of rotatable bonds is 3. The highest BCUT2D eigenvalue weighted by Gasteiger charge is 2.22. The Bertz CT molecular complexity index is 711.